The first kappa shape index (κ1) is 25.2. The Balaban J connectivity index is 1.44. The molecule has 37 heavy (non-hydrogen) atoms. The van der Waals surface area contributed by atoms with E-state index in [1.54, 1.807) is 19.1 Å². The molecule has 0 bridgehead atoms. The molecular formula is C28H34FN5O3. The molecule has 2 saturated carbocycles. The number of aryl methyl sites for hydroxylation is 2. The van der Waals surface area contributed by atoms with E-state index in [4.69, 9.17) is 4.74 Å². The van der Waals surface area contributed by atoms with Crippen molar-refractivity contribution in [3.63, 3.8) is 0 Å². The number of aromatic amines is 1. The summed E-state index contributed by atoms with van der Waals surface area (Å²) in [5.41, 5.74) is 3.19. The van der Waals surface area contributed by atoms with Crippen LogP contribution in [0.15, 0.2) is 18.5 Å². The van der Waals surface area contributed by atoms with Crippen LogP contribution < -0.4 is 15.4 Å². The Bertz CT molecular complexity index is 1350. The molecule has 0 saturated heterocycles. The molecule has 2 fully saturated rings. The maximum absolute atomic E-state index is 15.5. The smallest absolute Gasteiger partial charge is 0.255 e. The number of rotatable bonds is 7. The molecule has 0 unspecified atom stereocenters. The van der Waals surface area contributed by atoms with Gasteiger partial charge in [-0.05, 0) is 69.4 Å². The number of H-pyrrole nitrogens is 1. The predicted octanol–water partition coefficient (Wildman–Crippen LogP) is 4.59. The number of nitrogens with one attached hydrogen (secondary N) is 3. The summed E-state index contributed by atoms with van der Waals surface area (Å²) >= 11 is 0. The normalized spacial score (nSPS) is 21.6. The first-order chi connectivity index (χ1) is 17.7. The van der Waals surface area contributed by atoms with Crippen LogP contribution in [-0.2, 0) is 4.79 Å². The third kappa shape index (κ3) is 5.17. The van der Waals surface area contributed by atoms with E-state index < -0.39 is 5.82 Å². The number of benzene rings is 1. The number of hydrogen-bond donors (Lipinski definition) is 3. The zero-order valence-corrected chi connectivity index (χ0v) is 21.8. The van der Waals surface area contributed by atoms with Crippen molar-refractivity contribution in [1.29, 1.82) is 0 Å². The van der Waals surface area contributed by atoms with Gasteiger partial charge in [0.25, 0.3) is 5.91 Å². The van der Waals surface area contributed by atoms with Crippen molar-refractivity contribution in [3.05, 3.63) is 41.1 Å². The fourth-order valence-corrected chi connectivity index (χ4v) is 5.35. The van der Waals surface area contributed by atoms with E-state index in [1.165, 1.54) is 13.3 Å². The highest BCUT2D eigenvalue weighted by molar-refractivity contribution is 6.09. The minimum Gasteiger partial charge on any atom is -0.492 e. The summed E-state index contributed by atoms with van der Waals surface area (Å²) in [5.74, 6) is 0.516. The van der Waals surface area contributed by atoms with Crippen LogP contribution in [0.3, 0.4) is 0 Å². The van der Waals surface area contributed by atoms with E-state index in [0.717, 1.165) is 32.1 Å². The molecule has 2 aliphatic carbocycles. The van der Waals surface area contributed by atoms with Gasteiger partial charge in [0.1, 0.15) is 29.1 Å². The summed E-state index contributed by atoms with van der Waals surface area (Å²) in [7, 11) is 0. The number of nitrogens with zero attached hydrogens (tertiary/aromatic N) is 2. The lowest BCUT2D eigenvalue weighted by molar-refractivity contribution is -0.120. The van der Waals surface area contributed by atoms with E-state index in [9.17, 15) is 9.59 Å². The fraction of sp³-hybridized carbons (Fsp3) is 0.500. The van der Waals surface area contributed by atoms with E-state index in [2.05, 4.69) is 32.5 Å². The fourth-order valence-electron chi connectivity index (χ4n) is 5.35. The second-order valence-electron chi connectivity index (χ2n) is 10.7. The number of aromatic nitrogens is 3. The van der Waals surface area contributed by atoms with Gasteiger partial charge in [0.15, 0.2) is 0 Å². The maximum Gasteiger partial charge on any atom is 0.255 e. The molecule has 3 N–H and O–H groups in total. The van der Waals surface area contributed by atoms with Crippen molar-refractivity contribution in [3.8, 4) is 17.0 Å². The number of hydrogen-bond acceptors (Lipinski definition) is 5. The molecule has 5 rings (SSSR count). The Kier molecular flexibility index (Phi) is 6.88. The lowest BCUT2D eigenvalue weighted by Crippen LogP contribution is -2.47. The largest absolute Gasteiger partial charge is 0.492 e. The zero-order valence-electron chi connectivity index (χ0n) is 21.8. The van der Waals surface area contributed by atoms with Gasteiger partial charge in [-0.15, -0.1) is 0 Å². The summed E-state index contributed by atoms with van der Waals surface area (Å²) in [6, 6.07) is 3.61. The van der Waals surface area contributed by atoms with Gasteiger partial charge >= 0.3 is 0 Å². The Hall–Kier alpha value is -3.49. The highest BCUT2D eigenvalue weighted by Crippen LogP contribution is 2.39. The Labute approximate surface area is 215 Å². The SMILES string of the molecule is CC(=O)N[C@H]1CC[C@H](NC(=O)c2c(C)[nH]c3c(-c4c(OCC5CC5)ccc(C)c4F)ncnc23)[C@H](C)C1. The predicted molar refractivity (Wildman–Crippen MR) is 139 cm³/mol. The van der Waals surface area contributed by atoms with Crippen molar-refractivity contribution in [2.24, 2.45) is 11.8 Å². The number of carbonyl (C=O) groups excluding carboxylic acids is 2. The number of fused-ring (bicyclic) bond motifs is 1. The average molecular weight is 508 g/mol. The monoisotopic (exact) mass is 507 g/mol. The van der Waals surface area contributed by atoms with Crippen molar-refractivity contribution in [1.82, 2.24) is 25.6 Å². The number of halogens is 1. The highest BCUT2D eigenvalue weighted by atomic mass is 19.1. The molecule has 0 radical (unpaired) electrons. The lowest BCUT2D eigenvalue weighted by Gasteiger charge is -2.34. The van der Waals surface area contributed by atoms with E-state index in [1.807, 2.05) is 6.92 Å². The molecular weight excluding hydrogens is 473 g/mol. The van der Waals surface area contributed by atoms with Crippen LogP contribution in [0.25, 0.3) is 22.3 Å². The van der Waals surface area contributed by atoms with Crippen molar-refractivity contribution in [2.45, 2.75) is 71.9 Å². The second kappa shape index (κ2) is 10.1. The first-order valence-electron chi connectivity index (χ1n) is 13.1. The quantitative estimate of drug-likeness (QED) is 0.433. The molecule has 1 aromatic carbocycles. The van der Waals surface area contributed by atoms with Crippen LogP contribution in [-0.4, -0.2) is 45.5 Å². The molecule has 196 valence electrons. The molecule has 8 nitrogen and oxygen atoms in total. The third-order valence-electron chi connectivity index (χ3n) is 7.60. The van der Waals surface area contributed by atoms with E-state index >= 15 is 4.39 Å². The summed E-state index contributed by atoms with van der Waals surface area (Å²) in [5, 5.41) is 6.16. The highest BCUT2D eigenvalue weighted by Gasteiger charge is 2.31. The molecule has 9 heteroatoms. The number of ether oxygens (including phenoxy) is 1. The molecule has 3 atom stereocenters. The standard InChI is InChI=1S/C28H34FN5O3/c1-14-5-10-21(37-12-18-6-7-18)23(24(14)29)26-27-25(30-13-31-26)22(16(3)32-27)28(36)34-20-9-8-19(11-15(20)2)33-17(4)35/h5,10,13,15,18-20,32H,6-9,11-12H2,1-4H3,(H,33,35)(H,34,36)/t15-,19+,20+/m1/s1. The topological polar surface area (TPSA) is 109 Å². The van der Waals surface area contributed by atoms with Crippen LogP contribution in [0, 0.1) is 31.5 Å². The minimum atomic E-state index is -0.392. The van der Waals surface area contributed by atoms with Crippen molar-refractivity contribution in [2.75, 3.05) is 6.61 Å². The van der Waals surface area contributed by atoms with Crippen molar-refractivity contribution >= 4 is 22.8 Å². The molecule has 2 heterocycles. The van der Waals surface area contributed by atoms with Crippen molar-refractivity contribution < 1.29 is 18.7 Å². The number of amides is 2. The summed E-state index contributed by atoms with van der Waals surface area (Å²) in [6.45, 7) is 7.69. The summed E-state index contributed by atoms with van der Waals surface area (Å²) in [6.07, 6.45) is 6.02. The lowest BCUT2D eigenvalue weighted by atomic mass is 9.82. The Morgan fingerprint density at radius 2 is 1.92 bits per heavy atom. The summed E-state index contributed by atoms with van der Waals surface area (Å²) in [4.78, 5) is 37.0. The van der Waals surface area contributed by atoms with Crippen LogP contribution in [0.1, 0.15) is 67.6 Å². The minimum absolute atomic E-state index is 0.0141. The van der Waals surface area contributed by atoms with Gasteiger partial charge in [-0.25, -0.2) is 14.4 Å². The van der Waals surface area contributed by atoms with E-state index in [0.29, 0.717) is 51.8 Å². The van der Waals surface area contributed by atoms with Gasteiger partial charge in [0.05, 0.1) is 23.3 Å². The molecule has 2 aliphatic rings. The van der Waals surface area contributed by atoms with Gasteiger partial charge in [-0.3, -0.25) is 9.59 Å². The molecule has 3 aromatic rings. The maximum atomic E-state index is 15.5. The first-order valence-corrected chi connectivity index (χ1v) is 13.1. The van der Waals surface area contributed by atoms with Crippen LogP contribution >= 0.6 is 0 Å². The van der Waals surface area contributed by atoms with Gasteiger partial charge in [0.2, 0.25) is 5.91 Å². The molecule has 2 aromatic heterocycles. The summed E-state index contributed by atoms with van der Waals surface area (Å²) < 4.78 is 21.5. The average Bonchev–Trinajstić information content (AvgIpc) is 3.61. The van der Waals surface area contributed by atoms with E-state index in [-0.39, 0.29) is 35.4 Å². The number of carbonyl (C=O) groups is 2. The van der Waals surface area contributed by atoms with Crippen LogP contribution in [0.4, 0.5) is 4.39 Å². The Morgan fingerprint density at radius 3 is 2.62 bits per heavy atom. The van der Waals surface area contributed by atoms with Crippen LogP contribution in [0.5, 0.6) is 5.75 Å². The second-order valence-corrected chi connectivity index (χ2v) is 10.7. The zero-order chi connectivity index (χ0) is 26.3. The van der Waals surface area contributed by atoms with Gasteiger partial charge in [-0.2, -0.15) is 0 Å². The third-order valence-corrected chi connectivity index (χ3v) is 7.60. The van der Waals surface area contributed by atoms with Gasteiger partial charge in [-0.1, -0.05) is 13.0 Å². The van der Waals surface area contributed by atoms with Gasteiger partial charge < -0.3 is 20.4 Å². The van der Waals surface area contributed by atoms with Gasteiger partial charge in [0, 0.05) is 24.7 Å². The molecule has 0 spiro atoms. The van der Waals surface area contributed by atoms with Crippen LogP contribution in [0.2, 0.25) is 0 Å². The molecule has 2 amide bonds. The Morgan fingerprint density at radius 1 is 1.14 bits per heavy atom. The molecule has 0 aliphatic heterocycles.